The van der Waals surface area contributed by atoms with Crippen LogP contribution < -0.4 is 10.6 Å². The van der Waals surface area contributed by atoms with E-state index in [4.69, 9.17) is 32.9 Å². The number of nitrogens with zero attached hydrogens (tertiary/aromatic N) is 1. The Labute approximate surface area is 137 Å². The number of hydrogen-bond donors (Lipinski definition) is 2. The summed E-state index contributed by atoms with van der Waals surface area (Å²) < 4.78 is 5.13. The first-order chi connectivity index (χ1) is 10.6. The monoisotopic (exact) mass is 335 g/mol. The molecule has 1 aromatic heterocycles. The maximum Gasteiger partial charge on any atom is 0.267 e. The van der Waals surface area contributed by atoms with Gasteiger partial charge >= 0.3 is 0 Å². The zero-order valence-electron chi connectivity index (χ0n) is 11.3. The van der Waals surface area contributed by atoms with Crippen molar-refractivity contribution in [3.8, 4) is 6.07 Å². The fourth-order valence-corrected chi connectivity index (χ4v) is 1.89. The summed E-state index contributed by atoms with van der Waals surface area (Å²) in [5.41, 5.74) is 0.379. The second kappa shape index (κ2) is 7.55. The van der Waals surface area contributed by atoms with E-state index in [2.05, 4.69) is 10.6 Å². The Morgan fingerprint density at radius 3 is 2.77 bits per heavy atom. The third-order valence-corrected chi connectivity index (χ3v) is 3.38. The SMILES string of the molecule is N#C/C(=C/NCc1ccco1)C(=O)Nc1ccc(Cl)c(Cl)c1. The van der Waals surface area contributed by atoms with Gasteiger partial charge in [0.25, 0.3) is 5.91 Å². The summed E-state index contributed by atoms with van der Waals surface area (Å²) in [5.74, 6) is 0.145. The molecular weight excluding hydrogens is 325 g/mol. The Balaban J connectivity index is 1.99. The first-order valence-electron chi connectivity index (χ1n) is 6.22. The zero-order chi connectivity index (χ0) is 15.9. The van der Waals surface area contributed by atoms with Crippen molar-refractivity contribution in [1.29, 1.82) is 5.26 Å². The second-order valence-electron chi connectivity index (χ2n) is 4.21. The number of amides is 1. The first-order valence-corrected chi connectivity index (χ1v) is 6.98. The van der Waals surface area contributed by atoms with Crippen molar-refractivity contribution < 1.29 is 9.21 Å². The molecule has 0 aliphatic heterocycles. The van der Waals surface area contributed by atoms with Crippen LogP contribution in [-0.4, -0.2) is 5.91 Å². The standard InChI is InChI=1S/C15H11Cl2N3O2/c16-13-4-3-11(6-14(13)17)20-15(21)10(7-18)8-19-9-12-2-1-5-22-12/h1-6,8,19H,9H2,(H,20,21)/b10-8-. The molecule has 0 saturated carbocycles. The number of nitriles is 1. The van der Waals surface area contributed by atoms with Gasteiger partial charge in [0.05, 0.1) is 22.9 Å². The van der Waals surface area contributed by atoms with Gasteiger partial charge < -0.3 is 15.1 Å². The van der Waals surface area contributed by atoms with E-state index >= 15 is 0 Å². The summed E-state index contributed by atoms with van der Waals surface area (Å²) in [7, 11) is 0. The van der Waals surface area contributed by atoms with Gasteiger partial charge in [-0.3, -0.25) is 4.79 Å². The number of nitrogens with one attached hydrogen (secondary N) is 2. The maximum absolute atomic E-state index is 12.0. The van der Waals surface area contributed by atoms with Gasteiger partial charge in [0.2, 0.25) is 0 Å². The van der Waals surface area contributed by atoms with Crippen molar-refractivity contribution in [2.75, 3.05) is 5.32 Å². The molecule has 2 rings (SSSR count). The normalized spacial score (nSPS) is 10.9. The van der Waals surface area contributed by atoms with E-state index in [-0.39, 0.29) is 5.57 Å². The van der Waals surface area contributed by atoms with Crippen molar-refractivity contribution in [2.24, 2.45) is 0 Å². The minimum atomic E-state index is -0.548. The Bertz CT molecular complexity index is 734. The fourth-order valence-electron chi connectivity index (χ4n) is 1.59. The fraction of sp³-hybridized carbons (Fsp3) is 0.0667. The average Bonchev–Trinajstić information content (AvgIpc) is 3.00. The summed E-state index contributed by atoms with van der Waals surface area (Å²) in [6.45, 7) is 0.373. The van der Waals surface area contributed by atoms with Crippen LogP contribution in [0.25, 0.3) is 0 Å². The lowest BCUT2D eigenvalue weighted by Crippen LogP contribution is -2.16. The van der Waals surface area contributed by atoms with Gasteiger partial charge in [0, 0.05) is 11.9 Å². The quantitative estimate of drug-likeness (QED) is 0.644. The molecule has 1 aromatic carbocycles. The number of carbonyl (C=O) groups is 1. The molecule has 0 atom stereocenters. The molecule has 1 heterocycles. The number of furan rings is 1. The van der Waals surface area contributed by atoms with Crippen LogP contribution >= 0.6 is 23.2 Å². The largest absolute Gasteiger partial charge is 0.467 e. The molecule has 112 valence electrons. The van der Waals surface area contributed by atoms with Crippen LogP contribution in [0.1, 0.15) is 5.76 Å². The van der Waals surface area contributed by atoms with Crippen molar-refractivity contribution in [2.45, 2.75) is 6.54 Å². The van der Waals surface area contributed by atoms with Gasteiger partial charge in [-0.2, -0.15) is 5.26 Å². The molecule has 0 unspecified atom stereocenters. The topological polar surface area (TPSA) is 78.1 Å². The van der Waals surface area contributed by atoms with E-state index in [9.17, 15) is 4.79 Å². The predicted molar refractivity (Wildman–Crippen MR) is 84.3 cm³/mol. The summed E-state index contributed by atoms with van der Waals surface area (Å²) in [6.07, 6.45) is 2.87. The van der Waals surface area contributed by atoms with Crippen molar-refractivity contribution in [3.05, 3.63) is 64.2 Å². The Morgan fingerprint density at radius 2 is 2.14 bits per heavy atom. The second-order valence-corrected chi connectivity index (χ2v) is 5.03. The van der Waals surface area contributed by atoms with E-state index in [0.717, 1.165) is 0 Å². The van der Waals surface area contributed by atoms with Crippen LogP contribution in [0.3, 0.4) is 0 Å². The molecule has 22 heavy (non-hydrogen) atoms. The molecule has 7 heteroatoms. The Morgan fingerprint density at radius 1 is 1.32 bits per heavy atom. The number of rotatable bonds is 5. The predicted octanol–water partition coefficient (Wildman–Crippen LogP) is 3.72. The van der Waals surface area contributed by atoms with Crippen LogP contribution in [-0.2, 0) is 11.3 Å². The lowest BCUT2D eigenvalue weighted by molar-refractivity contribution is -0.112. The number of halogens is 2. The number of carbonyl (C=O) groups excluding carboxylic acids is 1. The van der Waals surface area contributed by atoms with Gasteiger partial charge in [0.1, 0.15) is 17.4 Å². The number of hydrogen-bond acceptors (Lipinski definition) is 4. The van der Waals surface area contributed by atoms with Crippen LogP contribution in [0.5, 0.6) is 0 Å². The molecular formula is C15H11Cl2N3O2. The van der Waals surface area contributed by atoms with E-state index < -0.39 is 5.91 Å². The Kier molecular flexibility index (Phi) is 5.48. The number of benzene rings is 1. The zero-order valence-corrected chi connectivity index (χ0v) is 12.8. The smallest absolute Gasteiger partial charge is 0.267 e. The van der Waals surface area contributed by atoms with Gasteiger partial charge in [-0.1, -0.05) is 23.2 Å². The highest BCUT2D eigenvalue weighted by atomic mass is 35.5. The lowest BCUT2D eigenvalue weighted by atomic mass is 10.2. The van der Waals surface area contributed by atoms with Crippen LogP contribution in [0.15, 0.2) is 52.8 Å². The Hall–Kier alpha value is -2.42. The number of anilines is 1. The highest BCUT2D eigenvalue weighted by molar-refractivity contribution is 6.42. The molecule has 0 aliphatic rings. The molecule has 0 fully saturated rings. The maximum atomic E-state index is 12.0. The summed E-state index contributed by atoms with van der Waals surface area (Å²) in [4.78, 5) is 12.0. The molecule has 0 aliphatic carbocycles. The van der Waals surface area contributed by atoms with Crippen molar-refractivity contribution in [1.82, 2.24) is 5.32 Å². The van der Waals surface area contributed by atoms with E-state index in [1.54, 1.807) is 30.5 Å². The van der Waals surface area contributed by atoms with Gasteiger partial charge in [-0.25, -0.2) is 0 Å². The highest BCUT2D eigenvalue weighted by Gasteiger charge is 2.10. The van der Waals surface area contributed by atoms with Crippen LogP contribution in [0.2, 0.25) is 10.0 Å². The van der Waals surface area contributed by atoms with Crippen LogP contribution in [0, 0.1) is 11.3 Å². The molecule has 0 spiro atoms. The summed E-state index contributed by atoms with van der Waals surface area (Å²) in [6, 6.07) is 10.0. The minimum Gasteiger partial charge on any atom is -0.467 e. The third kappa shape index (κ3) is 4.29. The first kappa shape index (κ1) is 16.0. The minimum absolute atomic E-state index is 0.0716. The molecule has 2 N–H and O–H groups in total. The molecule has 0 radical (unpaired) electrons. The highest BCUT2D eigenvalue weighted by Crippen LogP contribution is 2.25. The molecule has 2 aromatic rings. The van der Waals surface area contributed by atoms with Crippen molar-refractivity contribution >= 4 is 34.8 Å². The summed E-state index contributed by atoms with van der Waals surface area (Å²) in [5, 5.41) is 15.2. The average molecular weight is 336 g/mol. The van der Waals surface area contributed by atoms with Gasteiger partial charge in [-0.05, 0) is 30.3 Å². The van der Waals surface area contributed by atoms with E-state index in [1.165, 1.54) is 12.3 Å². The van der Waals surface area contributed by atoms with E-state index in [1.807, 2.05) is 6.07 Å². The molecule has 1 amide bonds. The lowest BCUT2D eigenvalue weighted by Gasteiger charge is -2.06. The summed E-state index contributed by atoms with van der Waals surface area (Å²) >= 11 is 11.7. The van der Waals surface area contributed by atoms with Crippen molar-refractivity contribution in [3.63, 3.8) is 0 Å². The molecule has 0 saturated heterocycles. The van der Waals surface area contributed by atoms with Gasteiger partial charge in [0.15, 0.2) is 0 Å². The molecule has 0 bridgehead atoms. The molecule has 5 nitrogen and oxygen atoms in total. The van der Waals surface area contributed by atoms with Gasteiger partial charge in [-0.15, -0.1) is 0 Å². The van der Waals surface area contributed by atoms with E-state index in [0.29, 0.717) is 28.0 Å². The third-order valence-electron chi connectivity index (χ3n) is 2.65. The van der Waals surface area contributed by atoms with Crippen LogP contribution in [0.4, 0.5) is 5.69 Å².